The Bertz CT molecular complexity index is 476. The molecule has 1 heterocycles. The van der Waals surface area contributed by atoms with Gasteiger partial charge in [0.1, 0.15) is 0 Å². The summed E-state index contributed by atoms with van der Waals surface area (Å²) in [6.07, 6.45) is 3.27. The number of carbonyl (C=O) groups is 1. The zero-order valence-corrected chi connectivity index (χ0v) is 10.6. The van der Waals surface area contributed by atoms with Crippen molar-refractivity contribution in [2.75, 3.05) is 6.54 Å². The highest BCUT2D eigenvalue weighted by Gasteiger charge is 2.22. The first kappa shape index (κ1) is 11.9. The second-order valence-electron chi connectivity index (χ2n) is 4.04. The lowest BCUT2D eigenvalue weighted by Crippen LogP contribution is -2.22. The van der Waals surface area contributed by atoms with Crippen molar-refractivity contribution in [3.05, 3.63) is 34.2 Å². The maximum Gasteiger partial charge on any atom is 0.158 e. The van der Waals surface area contributed by atoms with Gasteiger partial charge in [-0.1, -0.05) is 12.0 Å². The molecule has 1 aromatic rings. The Hall–Kier alpha value is -1.53. The molecule has 1 aliphatic rings. The van der Waals surface area contributed by atoms with Crippen LogP contribution < -0.4 is 5.32 Å². The van der Waals surface area contributed by atoms with E-state index in [9.17, 15) is 4.79 Å². The van der Waals surface area contributed by atoms with Crippen molar-refractivity contribution < 1.29 is 4.79 Å². The highest BCUT2D eigenvalue weighted by Crippen LogP contribution is 2.32. The third-order valence-corrected chi connectivity index (χ3v) is 3.81. The highest BCUT2D eigenvalue weighted by atomic mass is 32.1. The number of rotatable bonds is 3. The first-order chi connectivity index (χ1) is 8.29. The molecule has 2 rings (SSSR count). The molecule has 0 aromatic carbocycles. The molecule has 0 fully saturated rings. The van der Waals surface area contributed by atoms with Gasteiger partial charge in [0.25, 0.3) is 0 Å². The Morgan fingerprint density at radius 2 is 2.41 bits per heavy atom. The number of allylic oxidation sites excluding steroid dienone is 2. The molecule has 1 aromatic heterocycles. The summed E-state index contributed by atoms with van der Waals surface area (Å²) in [6.45, 7) is 2.43. The molecule has 0 bridgehead atoms. The maximum absolute atomic E-state index is 11.7. The van der Waals surface area contributed by atoms with Crippen molar-refractivity contribution in [2.24, 2.45) is 0 Å². The summed E-state index contributed by atoms with van der Waals surface area (Å²) in [5.41, 5.74) is 1.02. The van der Waals surface area contributed by atoms with Crippen LogP contribution >= 0.6 is 11.3 Å². The molecule has 1 N–H and O–H groups in total. The van der Waals surface area contributed by atoms with Gasteiger partial charge < -0.3 is 5.32 Å². The van der Waals surface area contributed by atoms with E-state index < -0.39 is 0 Å². The van der Waals surface area contributed by atoms with E-state index in [1.54, 1.807) is 17.4 Å². The topological polar surface area (TPSA) is 29.1 Å². The third-order valence-electron chi connectivity index (χ3n) is 2.78. The summed E-state index contributed by atoms with van der Waals surface area (Å²) < 4.78 is 0. The van der Waals surface area contributed by atoms with Gasteiger partial charge in [0.2, 0.25) is 0 Å². The predicted molar refractivity (Wildman–Crippen MR) is 70.8 cm³/mol. The number of thiophene rings is 1. The second kappa shape index (κ2) is 5.70. The molecule has 0 saturated carbocycles. The van der Waals surface area contributed by atoms with Gasteiger partial charge in [-0.25, -0.2) is 0 Å². The minimum Gasteiger partial charge on any atom is -0.377 e. The minimum absolute atomic E-state index is 0.210. The summed E-state index contributed by atoms with van der Waals surface area (Å²) in [7, 11) is 0. The number of nitrogens with one attached hydrogen (secondary N) is 1. The van der Waals surface area contributed by atoms with Crippen LogP contribution in [-0.4, -0.2) is 12.3 Å². The van der Waals surface area contributed by atoms with E-state index in [1.165, 1.54) is 4.88 Å². The van der Waals surface area contributed by atoms with E-state index in [4.69, 9.17) is 0 Å². The largest absolute Gasteiger partial charge is 0.377 e. The molecular formula is C14H15NOS. The maximum atomic E-state index is 11.7. The smallest absolute Gasteiger partial charge is 0.158 e. The summed E-state index contributed by atoms with van der Waals surface area (Å²) in [4.78, 5) is 13.0. The van der Waals surface area contributed by atoms with Gasteiger partial charge in [-0.15, -0.1) is 17.3 Å². The van der Waals surface area contributed by atoms with Gasteiger partial charge in [0, 0.05) is 29.0 Å². The highest BCUT2D eigenvalue weighted by molar-refractivity contribution is 7.10. The average molecular weight is 245 g/mol. The summed E-state index contributed by atoms with van der Waals surface area (Å²) in [6, 6.07) is 4.15. The van der Waals surface area contributed by atoms with Crippen molar-refractivity contribution in [1.82, 2.24) is 5.32 Å². The van der Waals surface area contributed by atoms with Crippen LogP contribution in [0.1, 0.15) is 30.6 Å². The van der Waals surface area contributed by atoms with Crippen LogP contribution in [-0.2, 0) is 4.79 Å². The molecule has 0 aliphatic heterocycles. The lowest BCUT2D eigenvalue weighted by Gasteiger charge is -2.21. The van der Waals surface area contributed by atoms with E-state index in [1.807, 2.05) is 13.0 Å². The molecule has 2 nitrogen and oxygen atoms in total. The van der Waals surface area contributed by atoms with Crippen LogP contribution in [0.3, 0.4) is 0 Å². The van der Waals surface area contributed by atoms with Crippen molar-refractivity contribution in [1.29, 1.82) is 0 Å². The van der Waals surface area contributed by atoms with Crippen LogP contribution in [0.2, 0.25) is 0 Å². The molecule has 0 spiro atoms. The first-order valence-electron chi connectivity index (χ1n) is 5.70. The van der Waals surface area contributed by atoms with Crippen LogP contribution in [0.25, 0.3) is 0 Å². The molecule has 1 atom stereocenters. The predicted octanol–water partition coefficient (Wildman–Crippen LogP) is 2.69. The fourth-order valence-electron chi connectivity index (χ4n) is 1.99. The summed E-state index contributed by atoms with van der Waals surface area (Å²) in [5, 5.41) is 5.28. The van der Waals surface area contributed by atoms with E-state index in [0.717, 1.165) is 12.1 Å². The molecule has 1 aliphatic carbocycles. The SMILES string of the molecule is CC#CCNC1=CC(=O)CC(c2cccs2)C1. The normalized spacial score (nSPS) is 19.2. The van der Waals surface area contributed by atoms with Gasteiger partial charge in [-0.3, -0.25) is 4.79 Å². The Kier molecular flexibility index (Phi) is 4.00. The lowest BCUT2D eigenvalue weighted by molar-refractivity contribution is -0.115. The summed E-state index contributed by atoms with van der Waals surface area (Å²) >= 11 is 1.73. The molecule has 3 heteroatoms. The minimum atomic E-state index is 0.210. The van der Waals surface area contributed by atoms with E-state index in [-0.39, 0.29) is 5.78 Å². The van der Waals surface area contributed by atoms with E-state index in [2.05, 4.69) is 28.6 Å². The number of ketones is 1. The van der Waals surface area contributed by atoms with Crippen LogP contribution in [0.4, 0.5) is 0 Å². The molecule has 0 saturated heterocycles. The van der Waals surface area contributed by atoms with Gasteiger partial charge in [-0.2, -0.15) is 0 Å². The zero-order valence-electron chi connectivity index (χ0n) is 9.82. The monoisotopic (exact) mass is 245 g/mol. The fourth-order valence-corrected chi connectivity index (χ4v) is 2.82. The third kappa shape index (κ3) is 3.21. The van der Waals surface area contributed by atoms with Gasteiger partial charge in [-0.05, 0) is 24.8 Å². The van der Waals surface area contributed by atoms with Crippen molar-refractivity contribution in [2.45, 2.75) is 25.7 Å². The van der Waals surface area contributed by atoms with Crippen molar-refractivity contribution in [3.8, 4) is 11.8 Å². The molecule has 17 heavy (non-hydrogen) atoms. The standard InChI is InChI=1S/C14H15NOS/c1-2-3-6-15-12-8-11(9-13(16)10-12)14-5-4-7-17-14/h4-5,7,10-11,15H,6,8-9H2,1H3. The quantitative estimate of drug-likeness (QED) is 0.830. The summed E-state index contributed by atoms with van der Waals surface area (Å²) in [5.74, 6) is 6.33. The average Bonchev–Trinajstić information content (AvgIpc) is 2.82. The number of carbonyl (C=O) groups excluding carboxylic acids is 1. The Labute approximate surface area is 106 Å². The molecule has 88 valence electrons. The van der Waals surface area contributed by atoms with Crippen LogP contribution in [0.5, 0.6) is 0 Å². The Morgan fingerprint density at radius 3 is 3.12 bits per heavy atom. The molecule has 0 radical (unpaired) electrons. The van der Waals surface area contributed by atoms with Crippen molar-refractivity contribution >= 4 is 17.1 Å². The number of hydrogen-bond donors (Lipinski definition) is 1. The van der Waals surface area contributed by atoms with Crippen LogP contribution in [0, 0.1) is 11.8 Å². The second-order valence-corrected chi connectivity index (χ2v) is 5.02. The lowest BCUT2D eigenvalue weighted by atomic mass is 9.90. The Morgan fingerprint density at radius 1 is 1.53 bits per heavy atom. The number of hydrogen-bond acceptors (Lipinski definition) is 3. The molecule has 1 unspecified atom stereocenters. The molecular weight excluding hydrogens is 230 g/mol. The van der Waals surface area contributed by atoms with Gasteiger partial charge >= 0.3 is 0 Å². The Balaban J connectivity index is 2.03. The van der Waals surface area contributed by atoms with Crippen LogP contribution in [0.15, 0.2) is 29.3 Å². The van der Waals surface area contributed by atoms with E-state index in [0.29, 0.717) is 18.9 Å². The molecule has 0 amide bonds. The zero-order chi connectivity index (χ0) is 12.1. The first-order valence-corrected chi connectivity index (χ1v) is 6.58. The fraction of sp³-hybridized carbons (Fsp3) is 0.357. The van der Waals surface area contributed by atoms with E-state index >= 15 is 0 Å². The van der Waals surface area contributed by atoms with Gasteiger partial charge in [0.15, 0.2) is 5.78 Å². The van der Waals surface area contributed by atoms with Crippen molar-refractivity contribution in [3.63, 3.8) is 0 Å². The van der Waals surface area contributed by atoms with Gasteiger partial charge in [0.05, 0.1) is 6.54 Å².